The molecule has 0 radical (unpaired) electrons. The smallest absolute Gasteiger partial charge is 0.145 e. The summed E-state index contributed by atoms with van der Waals surface area (Å²) in [5.41, 5.74) is 23.8. The van der Waals surface area contributed by atoms with E-state index in [4.69, 9.17) is 9.97 Å². The number of fused-ring (bicyclic) bond motifs is 9. The first-order chi connectivity index (χ1) is 34.2. The maximum atomic E-state index is 5.26. The minimum Gasteiger partial charge on any atom is -0.292 e. The summed E-state index contributed by atoms with van der Waals surface area (Å²) in [7, 11) is 0. The van der Waals surface area contributed by atoms with Crippen LogP contribution >= 0.6 is 0 Å². The second kappa shape index (κ2) is 14.9. The molecule has 0 saturated carbocycles. The highest BCUT2D eigenvalue weighted by molar-refractivity contribution is 6.05. The highest BCUT2D eigenvalue weighted by Gasteiger charge is 2.37. The Bertz CT molecular complexity index is 4110. The van der Waals surface area contributed by atoms with Gasteiger partial charge in [0.25, 0.3) is 0 Å². The highest BCUT2D eigenvalue weighted by atomic mass is 15.1. The summed E-state index contributed by atoms with van der Waals surface area (Å²) in [6.07, 6.45) is 0. The van der Waals surface area contributed by atoms with E-state index in [0.29, 0.717) is 0 Å². The van der Waals surface area contributed by atoms with Crippen molar-refractivity contribution in [3.8, 4) is 78.7 Å². The van der Waals surface area contributed by atoms with Crippen molar-refractivity contribution in [3.05, 3.63) is 241 Å². The first kappa shape index (κ1) is 40.5. The third-order valence-corrected chi connectivity index (χ3v) is 15.6. The fourth-order valence-corrected chi connectivity index (χ4v) is 12.1. The molecule has 12 aromatic rings. The van der Waals surface area contributed by atoms with Crippen molar-refractivity contribution in [1.82, 2.24) is 19.1 Å². The Hall–Kier alpha value is -8.60. The fraction of sp³-hybridized carbons (Fsp3) is 0.0909. The molecule has 0 aliphatic heterocycles. The molecule has 4 heteroatoms. The molecule has 10 aromatic carbocycles. The second-order valence-electron chi connectivity index (χ2n) is 20.2. The molecule has 70 heavy (non-hydrogen) atoms. The standard InChI is InChI=1S/C66H48N4/c1-65(2)56-22-8-6-16-52(56)54-39-45(36-38-57(54)65)69-61-25-11-9-23-59(61)67-63(69)43-31-27-41(28-32-43)47-17-13-20-50-48(18-14-19-49(47)50)42-29-33-44(34-30-42)64-68-60-24-10-12-26-62(60)70(64)46-35-37-53-51-15-5-7-21-55(51)66(3,4)58(53)40-46/h5-40H,1-4H3. The molecule has 4 nitrogen and oxygen atoms in total. The van der Waals surface area contributed by atoms with E-state index >= 15 is 0 Å². The molecule has 2 aromatic heterocycles. The van der Waals surface area contributed by atoms with Crippen LogP contribution in [0.3, 0.4) is 0 Å². The van der Waals surface area contributed by atoms with Crippen molar-refractivity contribution < 1.29 is 0 Å². The lowest BCUT2D eigenvalue weighted by Crippen LogP contribution is -2.15. The van der Waals surface area contributed by atoms with E-state index in [0.717, 1.165) is 56.2 Å². The number of aromatic nitrogens is 4. The van der Waals surface area contributed by atoms with E-state index in [1.807, 2.05) is 0 Å². The average Bonchev–Trinajstić information content (AvgIpc) is 4.11. The van der Waals surface area contributed by atoms with Gasteiger partial charge in [0.05, 0.1) is 22.1 Å². The molecule has 0 N–H and O–H groups in total. The highest BCUT2D eigenvalue weighted by Crippen LogP contribution is 2.51. The van der Waals surface area contributed by atoms with Crippen LogP contribution in [0.5, 0.6) is 0 Å². The van der Waals surface area contributed by atoms with Crippen molar-refractivity contribution >= 4 is 32.8 Å². The van der Waals surface area contributed by atoms with E-state index in [1.165, 1.54) is 77.5 Å². The van der Waals surface area contributed by atoms with Gasteiger partial charge in [0.2, 0.25) is 0 Å². The molecule has 0 fully saturated rings. The third kappa shape index (κ3) is 5.89. The first-order valence-electron chi connectivity index (χ1n) is 24.4. The van der Waals surface area contributed by atoms with Gasteiger partial charge in [-0.1, -0.05) is 198 Å². The summed E-state index contributed by atoms with van der Waals surface area (Å²) in [6, 6.07) is 79.8. The molecule has 2 aliphatic rings. The van der Waals surface area contributed by atoms with Gasteiger partial charge < -0.3 is 0 Å². The van der Waals surface area contributed by atoms with Gasteiger partial charge in [0.1, 0.15) is 11.6 Å². The summed E-state index contributed by atoms with van der Waals surface area (Å²) in [6.45, 7) is 9.35. The largest absolute Gasteiger partial charge is 0.292 e. The maximum Gasteiger partial charge on any atom is 0.145 e. The van der Waals surface area contributed by atoms with Gasteiger partial charge in [-0.05, 0) is 126 Å². The van der Waals surface area contributed by atoms with Crippen LogP contribution in [0.4, 0.5) is 0 Å². The Balaban J connectivity index is 0.808. The van der Waals surface area contributed by atoms with Crippen LogP contribution in [-0.4, -0.2) is 19.1 Å². The van der Waals surface area contributed by atoms with E-state index < -0.39 is 0 Å². The first-order valence-corrected chi connectivity index (χ1v) is 24.4. The zero-order valence-corrected chi connectivity index (χ0v) is 39.6. The van der Waals surface area contributed by atoms with Gasteiger partial charge in [-0.2, -0.15) is 0 Å². The van der Waals surface area contributed by atoms with Gasteiger partial charge >= 0.3 is 0 Å². The van der Waals surface area contributed by atoms with Crippen molar-refractivity contribution in [2.24, 2.45) is 0 Å². The van der Waals surface area contributed by atoms with E-state index in [2.05, 4.69) is 255 Å². The van der Waals surface area contributed by atoms with Gasteiger partial charge in [0, 0.05) is 33.3 Å². The zero-order valence-electron chi connectivity index (χ0n) is 39.6. The van der Waals surface area contributed by atoms with Gasteiger partial charge in [-0.15, -0.1) is 0 Å². The number of rotatable bonds is 6. The number of nitrogens with zero attached hydrogens (tertiary/aromatic N) is 4. The van der Waals surface area contributed by atoms with Gasteiger partial charge in [-0.3, -0.25) is 9.13 Å². The monoisotopic (exact) mass is 896 g/mol. The van der Waals surface area contributed by atoms with Gasteiger partial charge in [0.15, 0.2) is 0 Å². The molecule has 2 heterocycles. The molecule has 14 rings (SSSR count). The Morgan fingerprint density at radius 3 is 1.26 bits per heavy atom. The van der Waals surface area contributed by atoms with E-state index in [9.17, 15) is 0 Å². The predicted octanol–water partition coefficient (Wildman–Crippen LogP) is 16.8. The SMILES string of the molecule is CC1(C)c2ccccc2-c2cc(-n3c(-c4ccc(-c5cccc6c(-c7ccc(-c8nc9ccccc9n8-c8ccc9c(c8)C(C)(C)c8ccccc8-9)cc7)cccc56)cc4)nc4ccccc43)ccc21. The van der Waals surface area contributed by atoms with Crippen LogP contribution in [0.1, 0.15) is 49.9 Å². The Morgan fingerprint density at radius 1 is 0.300 bits per heavy atom. The molecule has 0 atom stereocenters. The predicted molar refractivity (Wildman–Crippen MR) is 290 cm³/mol. The van der Waals surface area contributed by atoms with Crippen molar-refractivity contribution in [3.63, 3.8) is 0 Å². The number of para-hydroxylation sites is 4. The van der Waals surface area contributed by atoms with E-state index in [-0.39, 0.29) is 10.8 Å². The van der Waals surface area contributed by atoms with Crippen molar-refractivity contribution in [2.45, 2.75) is 38.5 Å². The van der Waals surface area contributed by atoms with Crippen molar-refractivity contribution in [1.29, 1.82) is 0 Å². The quantitative estimate of drug-likeness (QED) is 0.167. The summed E-state index contributed by atoms with van der Waals surface area (Å²) in [5.74, 6) is 1.86. The minimum absolute atomic E-state index is 0.0510. The third-order valence-electron chi connectivity index (χ3n) is 15.6. The lowest BCUT2D eigenvalue weighted by atomic mass is 9.82. The summed E-state index contributed by atoms with van der Waals surface area (Å²) in [4.78, 5) is 10.5. The summed E-state index contributed by atoms with van der Waals surface area (Å²) >= 11 is 0. The fourth-order valence-electron chi connectivity index (χ4n) is 12.1. The Labute approximate surface area is 407 Å². The molecular formula is C66H48N4. The second-order valence-corrected chi connectivity index (χ2v) is 20.2. The van der Waals surface area contributed by atoms with Crippen LogP contribution in [0, 0.1) is 0 Å². The lowest BCUT2D eigenvalue weighted by molar-refractivity contribution is 0.660. The summed E-state index contributed by atoms with van der Waals surface area (Å²) in [5, 5.41) is 2.43. The lowest BCUT2D eigenvalue weighted by Gasteiger charge is -2.22. The van der Waals surface area contributed by atoms with Crippen LogP contribution in [0.15, 0.2) is 218 Å². The Morgan fingerprint density at radius 2 is 0.700 bits per heavy atom. The number of imidazole rings is 2. The number of benzene rings is 10. The molecule has 332 valence electrons. The normalized spacial score (nSPS) is 13.9. The van der Waals surface area contributed by atoms with Crippen molar-refractivity contribution in [2.75, 3.05) is 0 Å². The van der Waals surface area contributed by atoms with Crippen LogP contribution in [0.25, 0.3) is 111 Å². The molecule has 0 unspecified atom stereocenters. The average molecular weight is 897 g/mol. The molecule has 0 amide bonds. The minimum atomic E-state index is -0.0997. The number of hydrogen-bond acceptors (Lipinski definition) is 2. The number of hydrogen-bond donors (Lipinski definition) is 0. The van der Waals surface area contributed by atoms with Gasteiger partial charge in [-0.25, -0.2) is 9.97 Å². The van der Waals surface area contributed by atoms with E-state index in [1.54, 1.807) is 0 Å². The van der Waals surface area contributed by atoms with Crippen LogP contribution in [0.2, 0.25) is 0 Å². The molecule has 2 aliphatic carbocycles. The zero-order chi connectivity index (χ0) is 46.9. The molecule has 0 saturated heterocycles. The molecular weight excluding hydrogens is 849 g/mol. The topological polar surface area (TPSA) is 35.6 Å². The Kier molecular flexibility index (Phi) is 8.64. The molecule has 0 bridgehead atoms. The maximum absolute atomic E-state index is 5.26. The molecule has 0 spiro atoms. The van der Waals surface area contributed by atoms with Crippen LogP contribution < -0.4 is 0 Å². The van der Waals surface area contributed by atoms with Crippen LogP contribution in [-0.2, 0) is 10.8 Å². The summed E-state index contributed by atoms with van der Waals surface area (Å²) < 4.78 is 4.66.